The summed E-state index contributed by atoms with van der Waals surface area (Å²) in [6, 6.07) is 5.34. The van der Waals surface area contributed by atoms with E-state index in [1.807, 2.05) is 0 Å². The minimum absolute atomic E-state index is 0.0230. The van der Waals surface area contributed by atoms with Crippen LogP contribution in [0.3, 0.4) is 0 Å². The Hall–Kier alpha value is -2.46. The van der Waals surface area contributed by atoms with Crippen molar-refractivity contribution in [2.24, 2.45) is 0 Å². The molecule has 0 saturated carbocycles. The van der Waals surface area contributed by atoms with Gasteiger partial charge >= 0.3 is 12.0 Å². The van der Waals surface area contributed by atoms with E-state index in [0.717, 1.165) is 0 Å². The maximum Gasteiger partial charge on any atom is 0.317 e. The number of rotatable bonds is 6. The SMILES string of the molecule is CC(=O)c1ccc(S(=O)(=O)N2CCN(C(=O)NCCC(=O)O)CC2)cc1. The predicted molar refractivity (Wildman–Crippen MR) is 92.4 cm³/mol. The zero-order valence-electron chi connectivity index (χ0n) is 14.3. The highest BCUT2D eigenvalue weighted by Gasteiger charge is 2.30. The summed E-state index contributed by atoms with van der Waals surface area (Å²) < 4.78 is 26.6. The highest BCUT2D eigenvalue weighted by Crippen LogP contribution is 2.18. The summed E-state index contributed by atoms with van der Waals surface area (Å²) in [5, 5.41) is 11.1. The molecular weight excluding hydrogens is 362 g/mol. The number of ketones is 1. The number of amides is 2. The fraction of sp³-hybridized carbons (Fsp3) is 0.438. The molecule has 10 heteroatoms. The molecule has 26 heavy (non-hydrogen) atoms. The van der Waals surface area contributed by atoms with Crippen molar-refractivity contribution in [2.45, 2.75) is 18.2 Å². The molecule has 1 heterocycles. The largest absolute Gasteiger partial charge is 0.481 e. The second kappa shape index (κ2) is 8.28. The molecule has 0 aromatic heterocycles. The van der Waals surface area contributed by atoms with Crippen molar-refractivity contribution in [3.05, 3.63) is 29.8 Å². The number of nitrogens with zero attached hydrogens (tertiary/aromatic N) is 2. The second-order valence-corrected chi connectivity index (χ2v) is 7.79. The summed E-state index contributed by atoms with van der Waals surface area (Å²) in [5.74, 6) is -1.14. The Morgan fingerprint density at radius 3 is 2.15 bits per heavy atom. The molecule has 0 unspecified atom stereocenters. The van der Waals surface area contributed by atoms with Crippen LogP contribution in [0.15, 0.2) is 29.2 Å². The number of urea groups is 1. The van der Waals surface area contributed by atoms with Gasteiger partial charge in [0.15, 0.2) is 5.78 Å². The Morgan fingerprint density at radius 1 is 1.08 bits per heavy atom. The average molecular weight is 383 g/mol. The first-order valence-corrected chi connectivity index (χ1v) is 9.51. The topological polar surface area (TPSA) is 124 Å². The number of hydrogen-bond acceptors (Lipinski definition) is 5. The Kier molecular flexibility index (Phi) is 6.32. The number of carbonyl (C=O) groups is 3. The van der Waals surface area contributed by atoms with Gasteiger partial charge in [0.1, 0.15) is 0 Å². The zero-order valence-corrected chi connectivity index (χ0v) is 15.2. The van der Waals surface area contributed by atoms with Crippen LogP contribution in [0.5, 0.6) is 0 Å². The third-order valence-electron chi connectivity index (χ3n) is 4.04. The molecule has 1 aliphatic heterocycles. The maximum absolute atomic E-state index is 12.6. The number of sulfonamides is 1. The van der Waals surface area contributed by atoms with Crippen molar-refractivity contribution in [1.29, 1.82) is 0 Å². The first kappa shape index (κ1) is 19.9. The van der Waals surface area contributed by atoms with Gasteiger partial charge in [-0.05, 0) is 19.1 Å². The van der Waals surface area contributed by atoms with E-state index in [0.29, 0.717) is 5.56 Å². The number of nitrogens with one attached hydrogen (secondary N) is 1. The van der Waals surface area contributed by atoms with Crippen LogP contribution in [0.25, 0.3) is 0 Å². The molecule has 1 aromatic carbocycles. The van der Waals surface area contributed by atoms with Crippen LogP contribution in [0.2, 0.25) is 0 Å². The van der Waals surface area contributed by atoms with E-state index in [2.05, 4.69) is 5.32 Å². The number of aliphatic carboxylic acids is 1. The minimum atomic E-state index is -3.70. The van der Waals surface area contributed by atoms with Gasteiger partial charge in [0.05, 0.1) is 11.3 Å². The van der Waals surface area contributed by atoms with E-state index in [9.17, 15) is 22.8 Å². The third kappa shape index (κ3) is 4.79. The van der Waals surface area contributed by atoms with Gasteiger partial charge in [-0.15, -0.1) is 0 Å². The van der Waals surface area contributed by atoms with Gasteiger partial charge in [0, 0.05) is 38.3 Å². The molecule has 1 fully saturated rings. The molecular formula is C16H21N3O6S. The van der Waals surface area contributed by atoms with Gasteiger partial charge in [0.25, 0.3) is 0 Å². The van der Waals surface area contributed by atoms with Gasteiger partial charge in [-0.1, -0.05) is 12.1 Å². The first-order chi connectivity index (χ1) is 12.2. The molecule has 0 bridgehead atoms. The van der Waals surface area contributed by atoms with E-state index >= 15 is 0 Å². The summed E-state index contributed by atoms with van der Waals surface area (Å²) in [4.78, 5) is 35.2. The molecule has 1 aliphatic rings. The van der Waals surface area contributed by atoms with Crippen LogP contribution in [0.4, 0.5) is 4.79 Å². The van der Waals surface area contributed by atoms with Crippen molar-refractivity contribution in [2.75, 3.05) is 32.7 Å². The molecule has 1 aromatic rings. The van der Waals surface area contributed by atoms with Crippen LogP contribution < -0.4 is 5.32 Å². The number of carboxylic acid groups (broad SMARTS) is 1. The number of carbonyl (C=O) groups excluding carboxylic acids is 2. The quantitative estimate of drug-likeness (QED) is 0.685. The lowest BCUT2D eigenvalue weighted by atomic mass is 10.2. The number of carboxylic acids is 1. The zero-order chi connectivity index (χ0) is 19.3. The molecule has 142 valence electrons. The van der Waals surface area contributed by atoms with E-state index in [4.69, 9.17) is 5.11 Å². The third-order valence-corrected chi connectivity index (χ3v) is 5.95. The van der Waals surface area contributed by atoms with E-state index < -0.39 is 22.0 Å². The summed E-state index contributed by atoms with van der Waals surface area (Å²) in [6.45, 7) is 2.14. The minimum Gasteiger partial charge on any atom is -0.481 e. The van der Waals surface area contributed by atoms with Crippen LogP contribution in [-0.2, 0) is 14.8 Å². The highest BCUT2D eigenvalue weighted by molar-refractivity contribution is 7.89. The number of hydrogen-bond donors (Lipinski definition) is 2. The van der Waals surface area contributed by atoms with Gasteiger partial charge < -0.3 is 15.3 Å². The van der Waals surface area contributed by atoms with Gasteiger partial charge in [-0.25, -0.2) is 13.2 Å². The maximum atomic E-state index is 12.6. The highest BCUT2D eigenvalue weighted by atomic mass is 32.2. The molecule has 2 N–H and O–H groups in total. The molecule has 9 nitrogen and oxygen atoms in total. The Balaban J connectivity index is 1.94. The van der Waals surface area contributed by atoms with Crippen LogP contribution in [-0.4, -0.2) is 73.2 Å². The fourth-order valence-electron chi connectivity index (χ4n) is 2.53. The molecule has 0 atom stereocenters. The van der Waals surface area contributed by atoms with E-state index in [-0.39, 0.29) is 49.8 Å². The summed E-state index contributed by atoms with van der Waals surface area (Å²) >= 11 is 0. The first-order valence-electron chi connectivity index (χ1n) is 8.07. The summed E-state index contributed by atoms with van der Waals surface area (Å²) in [6.07, 6.45) is -0.170. The summed E-state index contributed by atoms with van der Waals surface area (Å²) in [7, 11) is -3.70. The van der Waals surface area contributed by atoms with Crippen molar-refractivity contribution in [3.8, 4) is 0 Å². The number of piperazine rings is 1. The lowest BCUT2D eigenvalue weighted by Gasteiger charge is -2.34. The monoisotopic (exact) mass is 383 g/mol. The van der Waals surface area contributed by atoms with Gasteiger partial charge in [-0.3, -0.25) is 9.59 Å². The Labute approximate surface area is 151 Å². The smallest absolute Gasteiger partial charge is 0.317 e. The summed E-state index contributed by atoms with van der Waals surface area (Å²) in [5.41, 5.74) is 0.437. The second-order valence-electron chi connectivity index (χ2n) is 5.85. The predicted octanol–water partition coefficient (Wildman–Crippen LogP) is 0.380. The molecule has 2 amide bonds. The molecule has 0 aliphatic carbocycles. The van der Waals surface area contributed by atoms with Crippen molar-refractivity contribution < 1.29 is 27.9 Å². The van der Waals surface area contributed by atoms with Crippen LogP contribution in [0.1, 0.15) is 23.7 Å². The van der Waals surface area contributed by atoms with Crippen molar-refractivity contribution in [1.82, 2.24) is 14.5 Å². The molecule has 2 rings (SSSR count). The average Bonchev–Trinajstić information content (AvgIpc) is 2.61. The molecule has 0 spiro atoms. The van der Waals surface area contributed by atoms with E-state index in [1.54, 1.807) is 0 Å². The van der Waals surface area contributed by atoms with Gasteiger partial charge in [-0.2, -0.15) is 4.31 Å². The van der Waals surface area contributed by atoms with Crippen molar-refractivity contribution >= 4 is 27.8 Å². The normalized spacial score (nSPS) is 15.5. The number of Topliss-reactive ketones (excluding diaryl/α,β-unsaturated/α-hetero) is 1. The standard InChI is InChI=1S/C16H21N3O6S/c1-12(20)13-2-4-14(5-3-13)26(24,25)19-10-8-18(9-11-19)16(23)17-7-6-15(21)22/h2-5H,6-11H2,1H3,(H,17,23)(H,21,22). The lowest BCUT2D eigenvalue weighted by Crippen LogP contribution is -2.53. The van der Waals surface area contributed by atoms with Crippen molar-refractivity contribution in [3.63, 3.8) is 0 Å². The fourth-order valence-corrected chi connectivity index (χ4v) is 3.95. The van der Waals surface area contributed by atoms with Crippen LogP contribution in [0, 0.1) is 0 Å². The Morgan fingerprint density at radius 2 is 1.65 bits per heavy atom. The lowest BCUT2D eigenvalue weighted by molar-refractivity contribution is -0.136. The van der Waals surface area contributed by atoms with Gasteiger partial charge in [0.2, 0.25) is 10.0 Å². The number of benzene rings is 1. The molecule has 1 saturated heterocycles. The molecule has 0 radical (unpaired) electrons. The van der Waals surface area contributed by atoms with Crippen LogP contribution >= 0.6 is 0 Å². The Bertz CT molecular complexity index is 783. The van der Waals surface area contributed by atoms with E-state index in [1.165, 1.54) is 40.4 Å².